The molecule has 3 rings (SSSR count). The van der Waals surface area contributed by atoms with Gasteiger partial charge in [-0.25, -0.2) is 0 Å². The Morgan fingerprint density at radius 3 is 2.36 bits per heavy atom. The molecule has 1 aromatic carbocycles. The Morgan fingerprint density at radius 1 is 1.05 bits per heavy atom. The third kappa shape index (κ3) is 2.68. The first-order valence-corrected chi connectivity index (χ1v) is 7.46. The molecule has 0 saturated carbocycles. The van der Waals surface area contributed by atoms with Crippen molar-refractivity contribution in [2.75, 3.05) is 37.9 Å². The summed E-state index contributed by atoms with van der Waals surface area (Å²) in [5, 5.41) is 3.96. The van der Waals surface area contributed by atoms with Crippen LogP contribution >= 0.6 is 0 Å². The summed E-state index contributed by atoms with van der Waals surface area (Å²) in [6.07, 6.45) is 3.69. The van der Waals surface area contributed by atoms with Crippen LogP contribution in [0.15, 0.2) is 22.7 Å². The zero-order chi connectivity index (χ0) is 15.5. The first-order chi connectivity index (χ1) is 10.7. The van der Waals surface area contributed by atoms with Crippen molar-refractivity contribution < 1.29 is 14.0 Å². The van der Waals surface area contributed by atoms with Crippen LogP contribution in [0.3, 0.4) is 0 Å². The van der Waals surface area contributed by atoms with E-state index in [1.54, 1.807) is 20.3 Å². The van der Waals surface area contributed by atoms with Crippen LogP contribution in [0.5, 0.6) is 11.5 Å². The van der Waals surface area contributed by atoms with Gasteiger partial charge >= 0.3 is 0 Å². The molecule has 0 atom stereocenters. The van der Waals surface area contributed by atoms with Gasteiger partial charge in [0, 0.05) is 30.8 Å². The van der Waals surface area contributed by atoms with E-state index in [2.05, 4.69) is 10.1 Å². The van der Waals surface area contributed by atoms with Gasteiger partial charge in [-0.1, -0.05) is 5.16 Å². The van der Waals surface area contributed by atoms with E-state index in [9.17, 15) is 0 Å². The number of hydrogen-bond acceptors (Lipinski definition) is 6. The fraction of sp³-hybridized carbons (Fsp3) is 0.438. The molecule has 2 N–H and O–H groups in total. The Balaban J connectivity index is 2.05. The Kier molecular flexibility index (Phi) is 4.09. The summed E-state index contributed by atoms with van der Waals surface area (Å²) in [5.41, 5.74) is 8.11. The minimum absolute atomic E-state index is 0.274. The highest BCUT2D eigenvalue weighted by Gasteiger charge is 2.20. The van der Waals surface area contributed by atoms with Crippen LogP contribution in [0.2, 0.25) is 0 Å². The summed E-state index contributed by atoms with van der Waals surface area (Å²) < 4.78 is 16.1. The molecule has 0 amide bonds. The monoisotopic (exact) mass is 303 g/mol. The van der Waals surface area contributed by atoms with Crippen molar-refractivity contribution in [3.8, 4) is 22.8 Å². The Hall–Kier alpha value is -2.37. The quantitative estimate of drug-likeness (QED) is 0.936. The van der Waals surface area contributed by atoms with Gasteiger partial charge in [0.1, 0.15) is 17.2 Å². The van der Waals surface area contributed by atoms with Gasteiger partial charge in [-0.3, -0.25) is 0 Å². The van der Waals surface area contributed by atoms with Gasteiger partial charge < -0.3 is 24.6 Å². The fourth-order valence-electron chi connectivity index (χ4n) is 2.88. The molecule has 1 saturated heterocycles. The van der Waals surface area contributed by atoms with Gasteiger partial charge in [-0.15, -0.1) is 0 Å². The molecule has 6 heteroatoms. The molecule has 118 valence electrons. The second-order valence-electron chi connectivity index (χ2n) is 5.39. The first-order valence-electron chi connectivity index (χ1n) is 7.46. The maximum absolute atomic E-state index is 5.62. The number of ether oxygens (including phenoxy) is 2. The van der Waals surface area contributed by atoms with E-state index in [1.807, 2.05) is 12.1 Å². The maximum atomic E-state index is 5.62. The van der Waals surface area contributed by atoms with Crippen molar-refractivity contribution in [1.29, 1.82) is 0 Å². The average Bonchev–Trinajstić information content (AvgIpc) is 3.00. The topological polar surface area (TPSA) is 73.8 Å². The van der Waals surface area contributed by atoms with E-state index in [0.29, 0.717) is 5.69 Å². The molecule has 2 heterocycles. The van der Waals surface area contributed by atoms with Crippen molar-refractivity contribution in [2.45, 2.75) is 19.3 Å². The standard InChI is InChI=1S/C16H21N3O3/c1-20-14-10-13(19-6-4-3-5-7-19)15(21-2)8-11(14)12-9-16(17)22-18-12/h8-10H,3-7,17H2,1-2H3. The summed E-state index contributed by atoms with van der Waals surface area (Å²) in [6, 6.07) is 5.61. The number of nitrogens with two attached hydrogens (primary N) is 1. The summed E-state index contributed by atoms with van der Waals surface area (Å²) in [7, 11) is 3.32. The Bertz CT molecular complexity index is 648. The lowest BCUT2D eigenvalue weighted by Gasteiger charge is -2.30. The first kappa shape index (κ1) is 14.6. The molecule has 6 nitrogen and oxygen atoms in total. The second kappa shape index (κ2) is 6.17. The van der Waals surface area contributed by atoms with E-state index < -0.39 is 0 Å². The molecule has 0 spiro atoms. The van der Waals surface area contributed by atoms with Crippen LogP contribution in [-0.4, -0.2) is 32.5 Å². The third-order valence-electron chi connectivity index (χ3n) is 4.00. The van der Waals surface area contributed by atoms with E-state index in [4.69, 9.17) is 19.7 Å². The van der Waals surface area contributed by atoms with Crippen molar-refractivity contribution in [1.82, 2.24) is 5.16 Å². The predicted molar refractivity (Wildman–Crippen MR) is 85.5 cm³/mol. The summed E-state index contributed by atoms with van der Waals surface area (Å²) in [6.45, 7) is 2.07. The number of nitrogens with zero attached hydrogens (tertiary/aromatic N) is 2. The van der Waals surface area contributed by atoms with Crippen LogP contribution in [-0.2, 0) is 0 Å². The summed E-state index contributed by atoms with van der Waals surface area (Å²) in [4.78, 5) is 2.34. The maximum Gasteiger partial charge on any atom is 0.222 e. The molecule has 1 fully saturated rings. The molecular formula is C16H21N3O3. The van der Waals surface area contributed by atoms with E-state index >= 15 is 0 Å². The number of hydrogen-bond donors (Lipinski definition) is 1. The lowest BCUT2D eigenvalue weighted by atomic mass is 10.1. The van der Waals surface area contributed by atoms with Crippen molar-refractivity contribution in [3.05, 3.63) is 18.2 Å². The molecular weight excluding hydrogens is 282 g/mol. The zero-order valence-electron chi connectivity index (χ0n) is 13.0. The highest BCUT2D eigenvalue weighted by atomic mass is 16.5. The van der Waals surface area contributed by atoms with Gasteiger partial charge in [-0.05, 0) is 25.3 Å². The van der Waals surface area contributed by atoms with Gasteiger partial charge in [0.2, 0.25) is 5.88 Å². The van der Waals surface area contributed by atoms with E-state index in [-0.39, 0.29) is 5.88 Å². The van der Waals surface area contributed by atoms with Gasteiger partial charge in [-0.2, -0.15) is 0 Å². The SMILES string of the molecule is COc1cc(N2CCCCC2)c(OC)cc1-c1cc(N)on1. The lowest BCUT2D eigenvalue weighted by Crippen LogP contribution is -2.29. The van der Waals surface area contributed by atoms with Crippen LogP contribution in [0.1, 0.15) is 19.3 Å². The predicted octanol–water partition coefficient (Wildman–Crippen LogP) is 2.93. The smallest absolute Gasteiger partial charge is 0.222 e. The molecule has 0 aliphatic carbocycles. The molecule has 1 aliphatic heterocycles. The van der Waals surface area contributed by atoms with Gasteiger partial charge in [0.05, 0.1) is 19.9 Å². The van der Waals surface area contributed by atoms with Crippen molar-refractivity contribution in [2.24, 2.45) is 0 Å². The van der Waals surface area contributed by atoms with Crippen LogP contribution in [0.25, 0.3) is 11.3 Å². The van der Waals surface area contributed by atoms with Gasteiger partial charge in [0.25, 0.3) is 0 Å². The minimum Gasteiger partial charge on any atom is -0.496 e. The van der Waals surface area contributed by atoms with Crippen molar-refractivity contribution in [3.63, 3.8) is 0 Å². The largest absolute Gasteiger partial charge is 0.496 e. The highest BCUT2D eigenvalue weighted by Crippen LogP contribution is 2.41. The number of rotatable bonds is 4. The van der Waals surface area contributed by atoms with Crippen LogP contribution < -0.4 is 20.1 Å². The summed E-state index contributed by atoms with van der Waals surface area (Å²) >= 11 is 0. The fourth-order valence-corrected chi connectivity index (χ4v) is 2.88. The lowest BCUT2D eigenvalue weighted by molar-refractivity contribution is 0.401. The molecule has 22 heavy (non-hydrogen) atoms. The molecule has 0 bridgehead atoms. The Labute approximate surface area is 129 Å². The summed E-state index contributed by atoms with van der Waals surface area (Å²) in [5.74, 6) is 1.81. The Morgan fingerprint density at radius 2 is 1.77 bits per heavy atom. The third-order valence-corrected chi connectivity index (χ3v) is 4.00. The average molecular weight is 303 g/mol. The molecule has 1 aliphatic rings. The zero-order valence-corrected chi connectivity index (χ0v) is 13.0. The number of benzene rings is 1. The molecule has 2 aromatic rings. The highest BCUT2D eigenvalue weighted by molar-refractivity contribution is 5.76. The molecule has 0 unspecified atom stereocenters. The van der Waals surface area contributed by atoms with E-state index in [0.717, 1.165) is 35.8 Å². The number of methoxy groups -OCH3 is 2. The number of piperidine rings is 1. The molecule has 0 radical (unpaired) electrons. The second-order valence-corrected chi connectivity index (χ2v) is 5.39. The van der Waals surface area contributed by atoms with E-state index in [1.165, 1.54) is 19.3 Å². The number of anilines is 2. The van der Waals surface area contributed by atoms with Crippen molar-refractivity contribution >= 4 is 11.6 Å². The molecule has 1 aromatic heterocycles. The van der Waals surface area contributed by atoms with Crippen LogP contribution in [0, 0.1) is 0 Å². The minimum atomic E-state index is 0.274. The van der Waals surface area contributed by atoms with Gasteiger partial charge in [0.15, 0.2) is 0 Å². The van der Waals surface area contributed by atoms with Crippen LogP contribution in [0.4, 0.5) is 11.6 Å². The normalized spacial score (nSPS) is 14.9. The number of aromatic nitrogens is 1. The number of nitrogen functional groups attached to an aromatic ring is 1.